The van der Waals surface area contributed by atoms with E-state index in [1.807, 2.05) is 0 Å². The second kappa shape index (κ2) is 10.8. The van der Waals surface area contributed by atoms with Crippen molar-refractivity contribution in [2.75, 3.05) is 0 Å². The van der Waals surface area contributed by atoms with Crippen molar-refractivity contribution in [1.82, 2.24) is 0 Å². The summed E-state index contributed by atoms with van der Waals surface area (Å²) in [5.41, 5.74) is 7.64. The normalized spacial score (nSPS) is 10.9. The Balaban J connectivity index is 1.50. The van der Waals surface area contributed by atoms with Crippen LogP contribution in [0.25, 0.3) is 0 Å². The van der Waals surface area contributed by atoms with Crippen molar-refractivity contribution in [2.24, 2.45) is 0 Å². The van der Waals surface area contributed by atoms with Crippen molar-refractivity contribution in [2.45, 2.75) is 53.1 Å². The van der Waals surface area contributed by atoms with E-state index in [0.717, 1.165) is 12.8 Å². The molecule has 0 saturated carbocycles. The van der Waals surface area contributed by atoms with Gasteiger partial charge in [-0.05, 0) is 46.2 Å². The number of hydrogen-bond acceptors (Lipinski definition) is 2. The molecule has 0 amide bonds. The van der Waals surface area contributed by atoms with Crippen molar-refractivity contribution in [3.63, 3.8) is 0 Å². The summed E-state index contributed by atoms with van der Waals surface area (Å²) in [5.74, 6) is 0. The van der Waals surface area contributed by atoms with Crippen LogP contribution in [0.1, 0.15) is 47.2 Å². The predicted molar refractivity (Wildman–Crippen MR) is 115 cm³/mol. The van der Waals surface area contributed by atoms with Gasteiger partial charge < -0.3 is 9.47 Å². The van der Waals surface area contributed by atoms with Gasteiger partial charge in [-0.15, -0.1) is 0 Å². The minimum atomic E-state index is 0.616. The maximum atomic E-state index is 5.97. The van der Waals surface area contributed by atoms with E-state index in [2.05, 4.69) is 86.6 Å². The summed E-state index contributed by atoms with van der Waals surface area (Å²) in [4.78, 5) is 0. The first-order chi connectivity index (χ1) is 13.8. The van der Waals surface area contributed by atoms with Crippen LogP contribution in [0.3, 0.4) is 0 Å². The molecular weight excluding hydrogens is 344 g/mol. The summed E-state index contributed by atoms with van der Waals surface area (Å²) < 4.78 is 11.9. The first kappa shape index (κ1) is 20.3. The maximum Gasteiger partial charge on any atom is 0.0724 e. The predicted octanol–water partition coefficient (Wildman–Crippen LogP) is 6.25. The largest absolute Gasteiger partial charge is 0.372 e. The maximum absolute atomic E-state index is 5.97. The van der Waals surface area contributed by atoms with Gasteiger partial charge in [-0.2, -0.15) is 0 Å². The molecule has 0 N–H and O–H groups in total. The lowest BCUT2D eigenvalue weighted by Gasteiger charge is -2.11. The van der Waals surface area contributed by atoms with Crippen molar-refractivity contribution < 1.29 is 9.47 Å². The molecule has 146 valence electrons. The molecule has 0 aliphatic carbocycles. The Morgan fingerprint density at radius 3 is 1.36 bits per heavy atom. The number of rotatable bonds is 10. The molecule has 0 aliphatic heterocycles. The van der Waals surface area contributed by atoms with Crippen LogP contribution >= 0.6 is 0 Å². The Morgan fingerprint density at radius 1 is 0.500 bits per heavy atom. The van der Waals surface area contributed by atoms with Crippen LogP contribution in [-0.4, -0.2) is 0 Å². The van der Waals surface area contributed by atoms with E-state index >= 15 is 0 Å². The first-order valence-electron chi connectivity index (χ1n) is 10.2. The Kier molecular flexibility index (Phi) is 7.83. The molecule has 0 heterocycles. The average molecular weight is 375 g/mol. The minimum Gasteiger partial charge on any atom is -0.372 e. The fourth-order valence-electron chi connectivity index (χ4n) is 3.45. The molecule has 0 saturated heterocycles. The molecule has 0 fully saturated rings. The number of benzene rings is 3. The second-order valence-electron chi connectivity index (χ2n) is 7.05. The van der Waals surface area contributed by atoms with Gasteiger partial charge in [-0.3, -0.25) is 0 Å². The molecule has 0 unspecified atom stereocenters. The standard InChI is InChI=1S/C26H30O2/c1-3-23-12-5-7-14-25(23)19-27-17-21-10-9-11-22(16-21)18-28-20-26-15-8-6-13-24(26)4-2/h5-16H,3-4,17-20H2,1-2H3. The Morgan fingerprint density at radius 2 is 0.929 bits per heavy atom. The quantitative estimate of drug-likeness (QED) is 0.418. The zero-order chi connectivity index (χ0) is 19.6. The fourth-order valence-corrected chi connectivity index (χ4v) is 3.45. The highest BCUT2D eigenvalue weighted by atomic mass is 16.5. The lowest BCUT2D eigenvalue weighted by molar-refractivity contribution is 0.103. The van der Waals surface area contributed by atoms with Gasteiger partial charge >= 0.3 is 0 Å². The lowest BCUT2D eigenvalue weighted by Crippen LogP contribution is -2.00. The molecule has 0 spiro atoms. The number of aryl methyl sites for hydroxylation is 2. The molecule has 0 bridgehead atoms. The Labute approximate surface area is 169 Å². The van der Waals surface area contributed by atoms with Crippen molar-refractivity contribution in [1.29, 1.82) is 0 Å². The lowest BCUT2D eigenvalue weighted by atomic mass is 10.1. The van der Waals surface area contributed by atoms with E-state index in [1.165, 1.54) is 33.4 Å². The van der Waals surface area contributed by atoms with Crippen LogP contribution < -0.4 is 0 Å². The van der Waals surface area contributed by atoms with E-state index in [0.29, 0.717) is 26.4 Å². The summed E-state index contributed by atoms with van der Waals surface area (Å²) in [5, 5.41) is 0. The van der Waals surface area contributed by atoms with Crippen LogP contribution in [0.5, 0.6) is 0 Å². The second-order valence-corrected chi connectivity index (χ2v) is 7.05. The van der Waals surface area contributed by atoms with Crippen LogP contribution in [0.4, 0.5) is 0 Å². The van der Waals surface area contributed by atoms with Gasteiger partial charge in [0.05, 0.1) is 26.4 Å². The number of hydrogen-bond donors (Lipinski definition) is 0. The topological polar surface area (TPSA) is 18.5 Å². The molecule has 0 radical (unpaired) electrons. The molecule has 3 rings (SSSR count). The molecular formula is C26H30O2. The zero-order valence-corrected chi connectivity index (χ0v) is 17.0. The zero-order valence-electron chi connectivity index (χ0n) is 17.0. The fraction of sp³-hybridized carbons (Fsp3) is 0.308. The van der Waals surface area contributed by atoms with Crippen LogP contribution in [0.15, 0.2) is 72.8 Å². The molecule has 3 aromatic carbocycles. The molecule has 0 aliphatic rings. The molecule has 0 atom stereocenters. The van der Waals surface area contributed by atoms with E-state index in [-0.39, 0.29) is 0 Å². The first-order valence-corrected chi connectivity index (χ1v) is 10.2. The summed E-state index contributed by atoms with van der Waals surface area (Å²) in [6.45, 7) is 6.90. The minimum absolute atomic E-state index is 0.616. The van der Waals surface area contributed by atoms with Gasteiger partial charge in [-0.25, -0.2) is 0 Å². The molecule has 2 nitrogen and oxygen atoms in total. The summed E-state index contributed by atoms with van der Waals surface area (Å²) in [7, 11) is 0. The van der Waals surface area contributed by atoms with E-state index in [1.54, 1.807) is 0 Å². The highest BCUT2D eigenvalue weighted by molar-refractivity contribution is 5.27. The van der Waals surface area contributed by atoms with Crippen LogP contribution in [0, 0.1) is 0 Å². The van der Waals surface area contributed by atoms with Gasteiger partial charge in [0, 0.05) is 0 Å². The van der Waals surface area contributed by atoms with Gasteiger partial charge in [0.25, 0.3) is 0 Å². The smallest absolute Gasteiger partial charge is 0.0724 e. The molecule has 3 aromatic rings. The average Bonchev–Trinajstić information content (AvgIpc) is 2.75. The van der Waals surface area contributed by atoms with E-state index in [4.69, 9.17) is 9.47 Å². The monoisotopic (exact) mass is 374 g/mol. The van der Waals surface area contributed by atoms with Gasteiger partial charge in [0.15, 0.2) is 0 Å². The van der Waals surface area contributed by atoms with Crippen LogP contribution in [0.2, 0.25) is 0 Å². The summed E-state index contributed by atoms with van der Waals surface area (Å²) in [6.07, 6.45) is 2.07. The molecule has 28 heavy (non-hydrogen) atoms. The third-order valence-electron chi connectivity index (χ3n) is 5.04. The number of ether oxygens (including phenoxy) is 2. The Bertz CT molecular complexity index is 801. The third-order valence-corrected chi connectivity index (χ3v) is 5.04. The summed E-state index contributed by atoms with van der Waals surface area (Å²) >= 11 is 0. The molecule has 0 aromatic heterocycles. The highest BCUT2D eigenvalue weighted by Crippen LogP contribution is 2.15. The van der Waals surface area contributed by atoms with Crippen molar-refractivity contribution in [3.8, 4) is 0 Å². The van der Waals surface area contributed by atoms with E-state index < -0.39 is 0 Å². The van der Waals surface area contributed by atoms with Gasteiger partial charge in [0.1, 0.15) is 0 Å². The SMILES string of the molecule is CCc1ccccc1COCc1cccc(COCc2ccccc2CC)c1. The van der Waals surface area contributed by atoms with Crippen LogP contribution in [-0.2, 0) is 48.7 Å². The van der Waals surface area contributed by atoms with Gasteiger partial charge in [-0.1, -0.05) is 86.6 Å². The highest BCUT2D eigenvalue weighted by Gasteiger charge is 2.03. The van der Waals surface area contributed by atoms with E-state index in [9.17, 15) is 0 Å². The van der Waals surface area contributed by atoms with Crippen molar-refractivity contribution in [3.05, 3.63) is 106 Å². The van der Waals surface area contributed by atoms with Crippen molar-refractivity contribution >= 4 is 0 Å². The Hall–Kier alpha value is -2.42. The third kappa shape index (κ3) is 5.79. The molecule has 2 heteroatoms. The van der Waals surface area contributed by atoms with Gasteiger partial charge in [0.2, 0.25) is 0 Å². The summed E-state index contributed by atoms with van der Waals surface area (Å²) in [6, 6.07) is 25.5.